The number of hydrogen-bond acceptors (Lipinski definition) is 3. The van der Waals surface area contributed by atoms with Gasteiger partial charge in [0.05, 0.1) is 5.39 Å². The van der Waals surface area contributed by atoms with Crippen molar-refractivity contribution >= 4 is 21.6 Å². The summed E-state index contributed by atoms with van der Waals surface area (Å²) >= 11 is 1.54. The molecule has 27 heavy (non-hydrogen) atoms. The summed E-state index contributed by atoms with van der Waals surface area (Å²) in [5, 5.41) is 2.77. The Kier molecular flexibility index (Phi) is 3.94. The van der Waals surface area contributed by atoms with Crippen LogP contribution in [0.5, 0.6) is 0 Å². The van der Waals surface area contributed by atoms with Crippen LogP contribution in [0.15, 0.2) is 52.6 Å². The van der Waals surface area contributed by atoms with Crippen molar-refractivity contribution in [2.24, 2.45) is 0 Å². The van der Waals surface area contributed by atoms with Crippen molar-refractivity contribution in [2.45, 2.75) is 32.6 Å². The standard InChI is InChI=1S/C23H20N2OS/c1-14-6-2-5-9-18(14)21-24-22(26)20-19(13-27-23(20)25-21)17-11-10-15-7-3-4-8-16(15)12-17/h2,5-6,9-13H,3-4,7-8H2,1H3,(H,24,25,26). The minimum atomic E-state index is -0.0628. The SMILES string of the molecule is Cc1ccccc1-c1nc2scc(-c3ccc4c(c3)CCCC4)c2c(=O)[nH]1. The van der Waals surface area contributed by atoms with Gasteiger partial charge in [-0.15, -0.1) is 11.3 Å². The highest BCUT2D eigenvalue weighted by Gasteiger charge is 2.16. The van der Waals surface area contributed by atoms with E-state index in [4.69, 9.17) is 4.98 Å². The third-order valence-corrected chi connectivity index (χ3v) is 6.38. The van der Waals surface area contributed by atoms with E-state index in [1.54, 1.807) is 11.3 Å². The van der Waals surface area contributed by atoms with E-state index in [2.05, 4.69) is 28.6 Å². The van der Waals surface area contributed by atoms with E-state index in [0.717, 1.165) is 33.5 Å². The van der Waals surface area contributed by atoms with Gasteiger partial charge in [0.2, 0.25) is 0 Å². The van der Waals surface area contributed by atoms with Crippen molar-refractivity contribution in [2.75, 3.05) is 0 Å². The maximum absolute atomic E-state index is 12.9. The Labute approximate surface area is 161 Å². The van der Waals surface area contributed by atoms with E-state index in [1.165, 1.54) is 30.4 Å². The summed E-state index contributed by atoms with van der Waals surface area (Å²) in [5.74, 6) is 0.643. The molecule has 0 saturated heterocycles. The largest absolute Gasteiger partial charge is 0.306 e. The zero-order valence-corrected chi connectivity index (χ0v) is 16.0. The molecule has 0 radical (unpaired) electrons. The van der Waals surface area contributed by atoms with E-state index < -0.39 is 0 Å². The zero-order valence-electron chi connectivity index (χ0n) is 15.2. The summed E-state index contributed by atoms with van der Waals surface area (Å²) < 4.78 is 0. The molecular weight excluding hydrogens is 352 g/mol. The normalized spacial score (nSPS) is 13.7. The molecule has 2 aromatic heterocycles. The second-order valence-corrected chi connectivity index (χ2v) is 8.11. The first kappa shape index (κ1) is 16.5. The van der Waals surface area contributed by atoms with Crippen molar-refractivity contribution in [3.05, 3.63) is 74.9 Å². The number of aryl methyl sites for hydroxylation is 3. The van der Waals surface area contributed by atoms with Crippen LogP contribution in [0.4, 0.5) is 0 Å². The van der Waals surface area contributed by atoms with Gasteiger partial charge in [-0.3, -0.25) is 4.79 Å². The van der Waals surface area contributed by atoms with E-state index in [1.807, 2.05) is 31.2 Å². The number of aromatic nitrogens is 2. The molecule has 0 fully saturated rings. The molecule has 0 aliphatic heterocycles. The number of aromatic amines is 1. The van der Waals surface area contributed by atoms with Gasteiger partial charge in [-0.1, -0.05) is 42.5 Å². The van der Waals surface area contributed by atoms with Gasteiger partial charge < -0.3 is 4.98 Å². The summed E-state index contributed by atoms with van der Waals surface area (Å²) in [4.78, 5) is 21.5. The molecule has 4 heteroatoms. The summed E-state index contributed by atoms with van der Waals surface area (Å²) in [6.07, 6.45) is 4.83. The van der Waals surface area contributed by atoms with Crippen molar-refractivity contribution in [3.63, 3.8) is 0 Å². The lowest BCUT2D eigenvalue weighted by molar-refractivity contribution is 0.686. The summed E-state index contributed by atoms with van der Waals surface area (Å²) in [6.45, 7) is 2.03. The molecule has 1 N–H and O–H groups in total. The fraction of sp³-hybridized carbons (Fsp3) is 0.217. The van der Waals surface area contributed by atoms with Crippen molar-refractivity contribution < 1.29 is 0 Å². The highest BCUT2D eigenvalue weighted by molar-refractivity contribution is 7.17. The lowest BCUT2D eigenvalue weighted by atomic mass is 9.89. The van der Waals surface area contributed by atoms with E-state index in [0.29, 0.717) is 11.2 Å². The summed E-state index contributed by atoms with van der Waals surface area (Å²) in [7, 11) is 0. The van der Waals surface area contributed by atoms with Crippen molar-refractivity contribution in [1.82, 2.24) is 9.97 Å². The van der Waals surface area contributed by atoms with Gasteiger partial charge in [-0.2, -0.15) is 0 Å². The van der Waals surface area contributed by atoms with Crippen molar-refractivity contribution in [1.29, 1.82) is 0 Å². The van der Waals surface area contributed by atoms with Gasteiger partial charge in [0.25, 0.3) is 5.56 Å². The second kappa shape index (κ2) is 6.46. The molecule has 0 bridgehead atoms. The molecule has 0 unspecified atom stereocenters. The molecule has 4 aromatic rings. The predicted octanol–water partition coefficient (Wildman–Crippen LogP) is 5.51. The molecule has 1 aliphatic rings. The first-order valence-corrected chi connectivity index (χ1v) is 10.3. The molecule has 5 rings (SSSR count). The van der Waals surface area contributed by atoms with Gasteiger partial charge >= 0.3 is 0 Å². The van der Waals surface area contributed by atoms with Crippen molar-refractivity contribution in [3.8, 4) is 22.5 Å². The highest BCUT2D eigenvalue weighted by atomic mass is 32.1. The maximum Gasteiger partial charge on any atom is 0.260 e. The van der Waals surface area contributed by atoms with Crippen LogP contribution < -0.4 is 5.56 Å². The predicted molar refractivity (Wildman–Crippen MR) is 112 cm³/mol. The number of H-pyrrole nitrogens is 1. The Hall–Kier alpha value is -2.72. The Bertz CT molecular complexity index is 1220. The van der Waals surface area contributed by atoms with Crippen LogP contribution in [0.25, 0.3) is 32.7 Å². The molecule has 0 amide bonds. The maximum atomic E-state index is 12.9. The quantitative estimate of drug-likeness (QED) is 0.504. The van der Waals surface area contributed by atoms with Crippen LogP contribution in [0, 0.1) is 6.92 Å². The third-order valence-electron chi connectivity index (χ3n) is 5.50. The number of nitrogens with one attached hydrogen (secondary N) is 1. The van der Waals surface area contributed by atoms with Gasteiger partial charge in [-0.05, 0) is 54.9 Å². The lowest BCUT2D eigenvalue weighted by Crippen LogP contribution is -2.09. The first-order chi connectivity index (χ1) is 13.2. The smallest absolute Gasteiger partial charge is 0.260 e. The number of nitrogens with zero attached hydrogens (tertiary/aromatic N) is 1. The van der Waals surface area contributed by atoms with Crippen LogP contribution in [0.1, 0.15) is 29.5 Å². The number of thiophene rings is 1. The lowest BCUT2D eigenvalue weighted by Gasteiger charge is -2.16. The Morgan fingerprint density at radius 2 is 1.81 bits per heavy atom. The van der Waals surface area contributed by atoms with Crippen LogP contribution >= 0.6 is 11.3 Å². The Balaban J connectivity index is 1.66. The topological polar surface area (TPSA) is 45.8 Å². The minimum Gasteiger partial charge on any atom is -0.306 e. The molecule has 2 aromatic carbocycles. The van der Waals surface area contributed by atoms with Gasteiger partial charge in [0.15, 0.2) is 0 Å². The number of fused-ring (bicyclic) bond motifs is 2. The number of benzene rings is 2. The van der Waals surface area contributed by atoms with Crippen LogP contribution in [0.3, 0.4) is 0 Å². The fourth-order valence-electron chi connectivity index (χ4n) is 4.03. The third kappa shape index (κ3) is 2.81. The van der Waals surface area contributed by atoms with Gasteiger partial charge in [0, 0.05) is 16.5 Å². The minimum absolute atomic E-state index is 0.0628. The molecule has 0 saturated carbocycles. The van der Waals surface area contributed by atoms with Crippen LogP contribution in [-0.4, -0.2) is 9.97 Å². The average Bonchev–Trinajstić information content (AvgIpc) is 3.12. The monoisotopic (exact) mass is 372 g/mol. The van der Waals surface area contributed by atoms with Crippen LogP contribution in [-0.2, 0) is 12.8 Å². The summed E-state index contributed by atoms with van der Waals surface area (Å²) in [5.41, 5.74) is 7.02. The number of hydrogen-bond donors (Lipinski definition) is 1. The Morgan fingerprint density at radius 3 is 2.67 bits per heavy atom. The summed E-state index contributed by atoms with van der Waals surface area (Å²) in [6, 6.07) is 14.7. The molecule has 3 nitrogen and oxygen atoms in total. The number of rotatable bonds is 2. The molecule has 0 spiro atoms. The second-order valence-electron chi connectivity index (χ2n) is 7.25. The van der Waals surface area contributed by atoms with E-state index in [9.17, 15) is 4.79 Å². The van der Waals surface area contributed by atoms with E-state index in [-0.39, 0.29) is 5.56 Å². The Morgan fingerprint density at radius 1 is 1.00 bits per heavy atom. The molecular formula is C23H20N2OS. The molecule has 0 atom stereocenters. The molecule has 1 aliphatic carbocycles. The van der Waals surface area contributed by atoms with Gasteiger partial charge in [-0.25, -0.2) is 4.98 Å². The highest BCUT2D eigenvalue weighted by Crippen LogP contribution is 2.34. The fourth-order valence-corrected chi connectivity index (χ4v) is 4.98. The average molecular weight is 372 g/mol. The van der Waals surface area contributed by atoms with Gasteiger partial charge in [0.1, 0.15) is 10.7 Å². The van der Waals surface area contributed by atoms with Crippen LogP contribution in [0.2, 0.25) is 0 Å². The van der Waals surface area contributed by atoms with E-state index >= 15 is 0 Å². The zero-order chi connectivity index (χ0) is 18.4. The molecule has 2 heterocycles. The molecule has 134 valence electrons. The first-order valence-electron chi connectivity index (χ1n) is 9.40.